The highest BCUT2D eigenvalue weighted by molar-refractivity contribution is 5.98. The average molecular weight is 289 g/mol. The predicted molar refractivity (Wildman–Crippen MR) is 75.3 cm³/mol. The molecule has 0 bridgehead atoms. The summed E-state index contributed by atoms with van der Waals surface area (Å²) >= 11 is 0. The van der Waals surface area contributed by atoms with Gasteiger partial charge in [0.05, 0.1) is 10.5 Å². The molecular formula is C14H12FN3O3. The molecule has 3 N–H and O–H groups in total. The van der Waals surface area contributed by atoms with Gasteiger partial charge in [-0.2, -0.15) is 0 Å². The SMILES string of the molecule is Cc1cccc(C(=N)N)c1Oc1c(F)cccc1[N+](=O)[O-]. The number of nitrogens with zero attached hydrogens (tertiary/aromatic N) is 1. The van der Waals surface area contributed by atoms with Gasteiger partial charge in [-0.05, 0) is 24.6 Å². The van der Waals surface area contributed by atoms with Crippen LogP contribution in [-0.2, 0) is 0 Å². The molecule has 0 spiro atoms. The van der Waals surface area contributed by atoms with Crippen LogP contribution in [0.15, 0.2) is 36.4 Å². The minimum atomic E-state index is -0.859. The van der Waals surface area contributed by atoms with E-state index < -0.39 is 22.2 Å². The number of benzene rings is 2. The summed E-state index contributed by atoms with van der Waals surface area (Å²) in [6, 6.07) is 8.29. The van der Waals surface area contributed by atoms with Crippen LogP contribution < -0.4 is 10.5 Å². The first-order valence-electron chi connectivity index (χ1n) is 5.96. The summed E-state index contributed by atoms with van der Waals surface area (Å²) in [5, 5.41) is 18.5. The highest BCUT2D eigenvalue weighted by Crippen LogP contribution is 2.36. The van der Waals surface area contributed by atoms with Gasteiger partial charge in [0, 0.05) is 6.07 Å². The number of rotatable bonds is 4. The van der Waals surface area contributed by atoms with Crippen LogP contribution in [0.2, 0.25) is 0 Å². The molecule has 108 valence electrons. The third-order valence-electron chi connectivity index (χ3n) is 2.85. The van der Waals surface area contributed by atoms with Crippen molar-refractivity contribution in [1.82, 2.24) is 0 Å². The number of hydrogen-bond acceptors (Lipinski definition) is 4. The summed E-state index contributed by atoms with van der Waals surface area (Å²) in [4.78, 5) is 10.2. The minimum absolute atomic E-state index is 0.123. The van der Waals surface area contributed by atoms with Crippen molar-refractivity contribution in [2.24, 2.45) is 5.73 Å². The molecule has 2 aromatic rings. The second-order valence-corrected chi connectivity index (χ2v) is 4.31. The number of ether oxygens (including phenoxy) is 1. The zero-order valence-corrected chi connectivity index (χ0v) is 11.1. The van der Waals surface area contributed by atoms with Gasteiger partial charge in [-0.1, -0.05) is 18.2 Å². The molecule has 0 heterocycles. The number of aryl methyl sites for hydroxylation is 1. The lowest BCUT2D eigenvalue weighted by molar-refractivity contribution is -0.385. The maximum absolute atomic E-state index is 13.8. The fourth-order valence-electron chi connectivity index (χ4n) is 1.84. The van der Waals surface area contributed by atoms with Crippen molar-refractivity contribution in [2.45, 2.75) is 6.92 Å². The molecule has 0 amide bonds. The molecule has 2 rings (SSSR count). The van der Waals surface area contributed by atoms with Crippen LogP contribution in [0.25, 0.3) is 0 Å². The largest absolute Gasteiger partial charge is 0.446 e. The Bertz CT molecular complexity index is 670. The van der Waals surface area contributed by atoms with E-state index in [0.29, 0.717) is 5.56 Å². The molecule has 0 aliphatic rings. The van der Waals surface area contributed by atoms with Gasteiger partial charge >= 0.3 is 5.69 Å². The van der Waals surface area contributed by atoms with Crippen LogP contribution in [0.4, 0.5) is 10.1 Å². The molecule has 7 heteroatoms. The summed E-state index contributed by atoms with van der Waals surface area (Å²) < 4.78 is 19.2. The molecule has 6 nitrogen and oxygen atoms in total. The predicted octanol–water partition coefficient (Wildman–Crippen LogP) is 3.12. The summed E-state index contributed by atoms with van der Waals surface area (Å²) in [6.45, 7) is 1.68. The van der Waals surface area contributed by atoms with E-state index >= 15 is 0 Å². The smallest absolute Gasteiger partial charge is 0.314 e. The monoisotopic (exact) mass is 289 g/mol. The van der Waals surface area contributed by atoms with Gasteiger partial charge in [-0.3, -0.25) is 15.5 Å². The van der Waals surface area contributed by atoms with E-state index in [2.05, 4.69) is 0 Å². The molecule has 0 fully saturated rings. The highest BCUT2D eigenvalue weighted by Gasteiger charge is 2.22. The maximum atomic E-state index is 13.8. The van der Waals surface area contributed by atoms with Gasteiger partial charge in [0.15, 0.2) is 5.82 Å². The zero-order valence-electron chi connectivity index (χ0n) is 11.1. The van der Waals surface area contributed by atoms with Crippen LogP contribution in [0.1, 0.15) is 11.1 Å². The maximum Gasteiger partial charge on any atom is 0.314 e. The Morgan fingerprint density at radius 3 is 2.57 bits per heavy atom. The summed E-state index contributed by atoms with van der Waals surface area (Å²) in [6.07, 6.45) is 0. The molecule has 0 aliphatic heterocycles. The molecule has 21 heavy (non-hydrogen) atoms. The second-order valence-electron chi connectivity index (χ2n) is 4.31. The molecule has 0 radical (unpaired) electrons. The average Bonchev–Trinajstić information content (AvgIpc) is 2.42. The van der Waals surface area contributed by atoms with Crippen LogP contribution in [-0.4, -0.2) is 10.8 Å². The Morgan fingerprint density at radius 2 is 1.95 bits per heavy atom. The lowest BCUT2D eigenvalue weighted by Gasteiger charge is -2.13. The van der Waals surface area contributed by atoms with Crippen molar-refractivity contribution in [3.05, 3.63) is 63.5 Å². The lowest BCUT2D eigenvalue weighted by atomic mass is 10.1. The molecule has 0 saturated carbocycles. The number of nitro benzene ring substituents is 1. The zero-order chi connectivity index (χ0) is 15.6. The first kappa shape index (κ1) is 14.4. The van der Waals surface area contributed by atoms with E-state index in [1.54, 1.807) is 19.1 Å². The van der Waals surface area contributed by atoms with E-state index in [4.69, 9.17) is 15.9 Å². The summed E-state index contributed by atoms with van der Waals surface area (Å²) in [5.41, 5.74) is 5.78. The van der Waals surface area contributed by atoms with Crippen LogP contribution in [0.5, 0.6) is 11.5 Å². The van der Waals surface area contributed by atoms with Gasteiger partial charge in [0.1, 0.15) is 11.6 Å². The Labute approximate surface area is 119 Å². The number of amidine groups is 1. The van der Waals surface area contributed by atoms with E-state index in [0.717, 1.165) is 12.1 Å². The van der Waals surface area contributed by atoms with Gasteiger partial charge in [-0.25, -0.2) is 4.39 Å². The van der Waals surface area contributed by atoms with Gasteiger partial charge in [0.25, 0.3) is 0 Å². The Hall–Kier alpha value is -2.96. The lowest BCUT2D eigenvalue weighted by Crippen LogP contribution is -2.13. The molecule has 0 unspecified atom stereocenters. The van der Waals surface area contributed by atoms with Crippen molar-refractivity contribution in [1.29, 1.82) is 5.41 Å². The normalized spacial score (nSPS) is 10.2. The number of nitrogens with one attached hydrogen (secondary N) is 1. The van der Waals surface area contributed by atoms with Crippen LogP contribution >= 0.6 is 0 Å². The van der Waals surface area contributed by atoms with E-state index in [1.165, 1.54) is 12.1 Å². The van der Waals surface area contributed by atoms with Crippen molar-refractivity contribution < 1.29 is 14.1 Å². The summed E-state index contributed by atoms with van der Waals surface area (Å²) in [7, 11) is 0. The first-order valence-corrected chi connectivity index (χ1v) is 5.96. The second kappa shape index (κ2) is 5.58. The van der Waals surface area contributed by atoms with E-state index in [-0.39, 0.29) is 17.1 Å². The van der Waals surface area contributed by atoms with Gasteiger partial charge in [0.2, 0.25) is 5.75 Å². The van der Waals surface area contributed by atoms with Crippen molar-refractivity contribution in [3.8, 4) is 11.5 Å². The standard InChI is InChI=1S/C14H12FN3O3/c1-8-4-2-5-9(14(16)17)12(8)21-13-10(15)6-3-7-11(13)18(19)20/h2-7H,1H3,(H3,16,17). The molecule has 0 atom stereocenters. The van der Waals surface area contributed by atoms with Crippen molar-refractivity contribution in [2.75, 3.05) is 0 Å². The Kier molecular flexibility index (Phi) is 3.84. The Morgan fingerprint density at radius 1 is 1.29 bits per heavy atom. The number of nitrogens with two attached hydrogens (primary N) is 1. The van der Waals surface area contributed by atoms with Gasteiger partial charge in [-0.15, -0.1) is 0 Å². The number of para-hydroxylation sites is 2. The van der Waals surface area contributed by atoms with Crippen LogP contribution in [0.3, 0.4) is 0 Å². The fraction of sp³-hybridized carbons (Fsp3) is 0.0714. The highest BCUT2D eigenvalue weighted by atomic mass is 19.1. The topological polar surface area (TPSA) is 102 Å². The molecular weight excluding hydrogens is 277 g/mol. The molecule has 0 saturated heterocycles. The molecule has 2 aromatic carbocycles. The number of halogens is 1. The van der Waals surface area contributed by atoms with Crippen molar-refractivity contribution in [3.63, 3.8) is 0 Å². The summed E-state index contributed by atoms with van der Waals surface area (Å²) in [5.74, 6) is -1.51. The number of hydrogen-bond donors (Lipinski definition) is 2. The first-order chi connectivity index (χ1) is 9.91. The van der Waals surface area contributed by atoms with Crippen molar-refractivity contribution >= 4 is 11.5 Å². The number of nitrogen functional groups attached to an aromatic ring is 1. The minimum Gasteiger partial charge on any atom is -0.446 e. The van der Waals surface area contributed by atoms with Crippen LogP contribution in [0, 0.1) is 28.3 Å². The third-order valence-corrected chi connectivity index (χ3v) is 2.85. The fourth-order valence-corrected chi connectivity index (χ4v) is 1.84. The Balaban J connectivity index is 2.59. The third kappa shape index (κ3) is 2.81. The van der Waals surface area contributed by atoms with E-state index in [9.17, 15) is 14.5 Å². The quantitative estimate of drug-likeness (QED) is 0.390. The van der Waals surface area contributed by atoms with E-state index in [1.807, 2.05) is 0 Å². The number of nitro groups is 1. The van der Waals surface area contributed by atoms with Gasteiger partial charge < -0.3 is 10.5 Å². The molecule has 0 aromatic heterocycles. The molecule has 0 aliphatic carbocycles.